The average molecular weight is 421 g/mol. The number of anilines is 1. The van der Waals surface area contributed by atoms with Gasteiger partial charge in [0.05, 0.1) is 6.42 Å². The summed E-state index contributed by atoms with van der Waals surface area (Å²) in [7, 11) is -2.40. The molecule has 0 spiro atoms. The molecule has 0 saturated heterocycles. The lowest BCUT2D eigenvalue weighted by atomic mass is 10.1. The van der Waals surface area contributed by atoms with Crippen LogP contribution >= 0.6 is 11.6 Å². The molecule has 3 N–H and O–H groups in total. The molecule has 1 aromatic heterocycles. The summed E-state index contributed by atoms with van der Waals surface area (Å²) in [5.41, 5.74) is 0.915. The minimum absolute atomic E-state index is 0.00491. The van der Waals surface area contributed by atoms with Crippen molar-refractivity contribution in [1.82, 2.24) is 9.78 Å². The first-order valence-corrected chi connectivity index (χ1v) is 10.0. The van der Waals surface area contributed by atoms with E-state index >= 15 is 0 Å². The Bertz CT molecular complexity index is 1130. The topological polar surface area (TPSA) is 116 Å². The van der Waals surface area contributed by atoms with Crippen LogP contribution in [0, 0.1) is 0 Å². The predicted molar refractivity (Wildman–Crippen MR) is 105 cm³/mol. The summed E-state index contributed by atoms with van der Waals surface area (Å²) >= 11 is 6.06. The molecule has 146 valence electrons. The Labute approximate surface area is 166 Å². The van der Waals surface area contributed by atoms with E-state index in [-0.39, 0.29) is 34.5 Å². The van der Waals surface area contributed by atoms with Gasteiger partial charge in [-0.1, -0.05) is 29.8 Å². The summed E-state index contributed by atoms with van der Waals surface area (Å²) in [5.74, 6) is -0.139. The molecule has 0 atom stereocenters. The molecule has 0 bridgehead atoms. The van der Waals surface area contributed by atoms with Crippen molar-refractivity contribution in [3.05, 3.63) is 65.3 Å². The number of aromatic nitrogens is 2. The van der Waals surface area contributed by atoms with Crippen molar-refractivity contribution in [1.29, 1.82) is 0 Å². The Kier molecular flexibility index (Phi) is 5.68. The average Bonchev–Trinajstić information content (AvgIpc) is 3.02. The lowest BCUT2D eigenvalue weighted by Gasteiger charge is -2.11. The zero-order valence-corrected chi connectivity index (χ0v) is 16.4. The number of halogens is 1. The molecule has 3 rings (SSSR count). The molecular weight excluding hydrogens is 404 g/mol. The van der Waals surface area contributed by atoms with Crippen molar-refractivity contribution in [2.24, 2.45) is 12.2 Å². The molecule has 0 saturated carbocycles. The Morgan fingerprint density at radius 2 is 2.00 bits per heavy atom. The van der Waals surface area contributed by atoms with Gasteiger partial charge in [0.15, 0.2) is 0 Å². The van der Waals surface area contributed by atoms with Crippen LogP contribution in [0.25, 0.3) is 0 Å². The van der Waals surface area contributed by atoms with Gasteiger partial charge in [0.1, 0.15) is 10.6 Å². The lowest BCUT2D eigenvalue weighted by molar-refractivity contribution is -0.115. The van der Waals surface area contributed by atoms with Crippen LogP contribution in [0.3, 0.4) is 0 Å². The Hall–Kier alpha value is -2.88. The minimum Gasteiger partial charge on any atom is -0.436 e. The van der Waals surface area contributed by atoms with Gasteiger partial charge in [-0.05, 0) is 29.8 Å². The highest BCUT2D eigenvalue weighted by molar-refractivity contribution is 7.89. The van der Waals surface area contributed by atoms with E-state index in [1.165, 1.54) is 22.9 Å². The first kappa shape index (κ1) is 19.9. The van der Waals surface area contributed by atoms with Gasteiger partial charge in [-0.3, -0.25) is 9.48 Å². The van der Waals surface area contributed by atoms with Crippen molar-refractivity contribution in [2.45, 2.75) is 11.3 Å². The van der Waals surface area contributed by atoms with Crippen molar-refractivity contribution < 1.29 is 17.9 Å². The van der Waals surface area contributed by atoms with Gasteiger partial charge in [0.25, 0.3) is 0 Å². The Morgan fingerprint density at radius 3 is 2.64 bits per heavy atom. The molecule has 0 radical (unpaired) electrons. The third-order valence-corrected chi connectivity index (χ3v) is 5.05. The monoisotopic (exact) mass is 420 g/mol. The van der Waals surface area contributed by atoms with Gasteiger partial charge in [0, 0.05) is 30.0 Å². The molecule has 1 heterocycles. The number of carbonyl (C=O) groups is 1. The van der Waals surface area contributed by atoms with E-state index < -0.39 is 10.0 Å². The zero-order valence-electron chi connectivity index (χ0n) is 14.8. The van der Waals surface area contributed by atoms with E-state index in [4.69, 9.17) is 21.5 Å². The van der Waals surface area contributed by atoms with E-state index in [9.17, 15) is 13.2 Å². The highest BCUT2D eigenvalue weighted by Crippen LogP contribution is 2.30. The highest BCUT2D eigenvalue weighted by Gasteiger charge is 2.18. The number of nitrogens with zero attached hydrogens (tertiary/aromatic N) is 2. The van der Waals surface area contributed by atoms with Gasteiger partial charge in [-0.15, -0.1) is 5.10 Å². The molecule has 28 heavy (non-hydrogen) atoms. The third kappa shape index (κ3) is 4.89. The van der Waals surface area contributed by atoms with Crippen LogP contribution in [0.1, 0.15) is 5.56 Å². The number of nitrogens with two attached hydrogens (primary N) is 1. The number of hydrogen-bond acceptors (Lipinski definition) is 5. The van der Waals surface area contributed by atoms with E-state index in [1.54, 1.807) is 43.6 Å². The fraction of sp³-hybridized carbons (Fsp3) is 0.111. The van der Waals surface area contributed by atoms with Crippen LogP contribution in [0.2, 0.25) is 5.02 Å². The molecule has 10 heteroatoms. The van der Waals surface area contributed by atoms with Crippen molar-refractivity contribution in [2.75, 3.05) is 5.32 Å². The zero-order chi connectivity index (χ0) is 20.3. The fourth-order valence-corrected chi connectivity index (χ4v) is 3.36. The molecule has 1 amide bonds. The first-order valence-electron chi connectivity index (χ1n) is 8.10. The largest absolute Gasteiger partial charge is 0.436 e. The number of ether oxygens (including phenoxy) is 1. The number of aryl methyl sites for hydroxylation is 1. The summed E-state index contributed by atoms with van der Waals surface area (Å²) in [6.45, 7) is 0. The summed E-state index contributed by atoms with van der Waals surface area (Å²) in [6, 6.07) is 12.7. The van der Waals surface area contributed by atoms with E-state index in [2.05, 4.69) is 10.4 Å². The standard InChI is InChI=1S/C18H17ClN4O4S/c1-23-9-8-18(22-23)27-15-7-6-13(11-16(15)28(20,25)26)21-17(24)10-12-4-2-3-5-14(12)19/h2-9,11H,10H2,1H3,(H,21,24)(H2,20,25,26). The summed E-state index contributed by atoms with van der Waals surface area (Å²) in [4.78, 5) is 12.0. The lowest BCUT2D eigenvalue weighted by Crippen LogP contribution is -2.17. The van der Waals surface area contributed by atoms with Crippen molar-refractivity contribution in [3.63, 3.8) is 0 Å². The second-order valence-electron chi connectivity index (χ2n) is 5.95. The molecular formula is C18H17ClN4O4S. The van der Waals surface area contributed by atoms with E-state index in [0.29, 0.717) is 10.6 Å². The summed E-state index contributed by atoms with van der Waals surface area (Å²) in [6.07, 6.45) is 1.69. The van der Waals surface area contributed by atoms with Gasteiger partial charge < -0.3 is 10.1 Å². The quantitative estimate of drug-likeness (QED) is 0.635. The second-order valence-corrected chi connectivity index (χ2v) is 7.89. The third-order valence-electron chi connectivity index (χ3n) is 3.75. The van der Waals surface area contributed by atoms with Gasteiger partial charge in [0.2, 0.25) is 21.8 Å². The number of primary sulfonamides is 1. The predicted octanol–water partition coefficient (Wildman–Crippen LogP) is 2.69. The smallest absolute Gasteiger partial charge is 0.241 e. The molecule has 0 aliphatic carbocycles. The van der Waals surface area contributed by atoms with Crippen LogP contribution in [-0.4, -0.2) is 24.1 Å². The highest BCUT2D eigenvalue weighted by atomic mass is 35.5. The number of rotatable bonds is 6. The molecule has 0 aliphatic rings. The van der Waals surface area contributed by atoms with Crippen LogP contribution in [0.4, 0.5) is 5.69 Å². The number of carbonyl (C=O) groups excluding carboxylic acids is 1. The summed E-state index contributed by atoms with van der Waals surface area (Å²) in [5, 5.41) is 12.4. The Morgan fingerprint density at radius 1 is 1.25 bits per heavy atom. The minimum atomic E-state index is -4.10. The van der Waals surface area contributed by atoms with E-state index in [1.807, 2.05) is 0 Å². The maximum atomic E-state index is 12.3. The van der Waals surface area contributed by atoms with Crippen molar-refractivity contribution >= 4 is 33.2 Å². The number of benzene rings is 2. The molecule has 8 nitrogen and oxygen atoms in total. The number of sulfonamides is 1. The molecule has 0 aliphatic heterocycles. The maximum absolute atomic E-state index is 12.3. The number of amides is 1. The fourth-order valence-electron chi connectivity index (χ4n) is 2.47. The van der Waals surface area contributed by atoms with Crippen LogP contribution in [-0.2, 0) is 28.3 Å². The van der Waals surface area contributed by atoms with Gasteiger partial charge in [-0.2, -0.15) is 0 Å². The van der Waals surface area contributed by atoms with E-state index in [0.717, 1.165) is 0 Å². The second kappa shape index (κ2) is 8.01. The molecule has 3 aromatic rings. The van der Waals surface area contributed by atoms with Gasteiger partial charge >= 0.3 is 0 Å². The van der Waals surface area contributed by atoms with Crippen LogP contribution in [0.5, 0.6) is 11.6 Å². The first-order chi connectivity index (χ1) is 13.2. The molecule has 0 unspecified atom stereocenters. The molecule has 0 fully saturated rings. The number of nitrogens with one attached hydrogen (secondary N) is 1. The number of hydrogen-bond donors (Lipinski definition) is 2. The Balaban J connectivity index is 1.82. The van der Waals surface area contributed by atoms with Crippen LogP contribution in [0.15, 0.2) is 59.6 Å². The van der Waals surface area contributed by atoms with Gasteiger partial charge in [-0.25, -0.2) is 13.6 Å². The SMILES string of the molecule is Cn1ccc(Oc2ccc(NC(=O)Cc3ccccc3Cl)cc2S(N)(=O)=O)n1. The maximum Gasteiger partial charge on any atom is 0.241 e. The molecule has 2 aromatic carbocycles. The van der Waals surface area contributed by atoms with Crippen LogP contribution < -0.4 is 15.2 Å². The normalized spacial score (nSPS) is 11.2. The summed E-state index contributed by atoms with van der Waals surface area (Å²) < 4.78 is 30.9. The van der Waals surface area contributed by atoms with Crippen molar-refractivity contribution in [3.8, 4) is 11.6 Å².